The van der Waals surface area contributed by atoms with Crippen LogP contribution in [0.2, 0.25) is 0 Å². The topological polar surface area (TPSA) is 91.5 Å². The van der Waals surface area contributed by atoms with E-state index in [4.69, 9.17) is 11.4 Å². The van der Waals surface area contributed by atoms with Gasteiger partial charge in [0.25, 0.3) is 0 Å². The second-order valence-corrected chi connectivity index (χ2v) is 11.3. The number of aliphatic hydroxyl groups is 1. The molecule has 2 bridgehead atoms. The molecule has 36 heavy (non-hydrogen) atoms. The highest BCUT2D eigenvalue weighted by Gasteiger charge is 2.50. The maximum Gasteiger partial charge on any atom is 0.208 e. The van der Waals surface area contributed by atoms with Crippen molar-refractivity contribution in [3.05, 3.63) is 42.2 Å². The lowest BCUT2D eigenvalue weighted by molar-refractivity contribution is -0.0272. The Morgan fingerprint density at radius 1 is 1.17 bits per heavy atom. The second-order valence-electron chi connectivity index (χ2n) is 10.3. The summed E-state index contributed by atoms with van der Waals surface area (Å²) in [5.41, 5.74) is 4.67. The number of pyridine rings is 1. The number of nitrogens with zero attached hydrogens (tertiary/aromatic N) is 6. The van der Waals surface area contributed by atoms with Gasteiger partial charge in [-0.3, -0.25) is 4.98 Å². The van der Waals surface area contributed by atoms with Gasteiger partial charge in [-0.15, -0.1) is 16.6 Å². The van der Waals surface area contributed by atoms with Gasteiger partial charge in [0.1, 0.15) is 0 Å². The molecule has 184 valence electrons. The van der Waals surface area contributed by atoms with Gasteiger partial charge in [-0.05, 0) is 57.9 Å². The molecule has 1 saturated carbocycles. The van der Waals surface area contributed by atoms with Gasteiger partial charge in [0, 0.05) is 48.4 Å². The van der Waals surface area contributed by atoms with E-state index in [9.17, 15) is 5.11 Å². The highest BCUT2D eigenvalue weighted by atomic mass is 32.1. The fraction of sp³-hybridized carbons (Fsp3) is 0.407. The van der Waals surface area contributed by atoms with Crippen LogP contribution in [0.25, 0.3) is 27.5 Å². The molecule has 5 heterocycles. The number of terminal acetylenes is 1. The van der Waals surface area contributed by atoms with Gasteiger partial charge < -0.3 is 15.3 Å². The molecule has 0 aromatic carbocycles. The van der Waals surface area contributed by atoms with Gasteiger partial charge in [-0.1, -0.05) is 17.3 Å². The minimum Gasteiger partial charge on any atom is -0.389 e. The lowest BCUT2D eigenvalue weighted by Crippen LogP contribution is -2.52. The molecule has 2 N–H and O–H groups in total. The van der Waals surface area contributed by atoms with Crippen LogP contribution in [0.5, 0.6) is 0 Å². The Kier molecular flexibility index (Phi) is 5.47. The molecule has 0 amide bonds. The summed E-state index contributed by atoms with van der Waals surface area (Å²) in [5, 5.41) is 29.7. The monoisotopic (exact) mass is 499 g/mol. The highest BCUT2D eigenvalue weighted by molar-refractivity contribution is 7.18. The minimum absolute atomic E-state index is 0.228. The zero-order valence-corrected chi connectivity index (χ0v) is 21.5. The molecule has 2 fully saturated rings. The zero-order chi connectivity index (χ0) is 25.0. The Labute approximate surface area is 214 Å². The van der Waals surface area contributed by atoms with Crippen LogP contribution >= 0.6 is 11.3 Å². The first-order chi connectivity index (χ1) is 17.3. The van der Waals surface area contributed by atoms with Crippen molar-refractivity contribution in [1.82, 2.24) is 24.8 Å². The average molecular weight is 500 g/mol. The number of hydrogen-bond acceptors (Lipinski definition) is 8. The molecule has 4 aromatic rings. The van der Waals surface area contributed by atoms with Crippen LogP contribution in [-0.2, 0) is 0 Å². The molecule has 2 unspecified atom stereocenters. The Bertz CT molecular complexity index is 1470. The van der Waals surface area contributed by atoms with E-state index >= 15 is 0 Å². The predicted molar refractivity (Wildman–Crippen MR) is 143 cm³/mol. The Morgan fingerprint density at radius 2 is 1.94 bits per heavy atom. The minimum atomic E-state index is -0.571. The number of fused-ring (bicyclic) bond motifs is 3. The quantitative estimate of drug-likeness (QED) is 0.395. The van der Waals surface area contributed by atoms with E-state index in [1.807, 2.05) is 41.9 Å². The summed E-state index contributed by atoms with van der Waals surface area (Å²) in [6.45, 7) is 7.86. The summed E-state index contributed by atoms with van der Waals surface area (Å²) in [7, 11) is 0. The number of nitrogens with one attached hydrogen (secondary N) is 1. The molecule has 1 saturated heterocycles. The molecular weight excluding hydrogens is 470 g/mol. The van der Waals surface area contributed by atoms with E-state index < -0.39 is 5.60 Å². The van der Waals surface area contributed by atoms with Crippen molar-refractivity contribution < 1.29 is 5.11 Å². The molecular formula is C27H29N7OS. The standard InChI is InChI=1S/C27H29N7OS/c1-5-17-10-20-8-9-24(34(20)29-12-17)23-11-22(30-16(2)3)21(13-28-23)25-31-32-26(36-25)33-14-18-6-7-19(15-33)27(18,4)35/h1,8-13,16,18-19,35H,6-7,14-15H2,2-4H3,(H,28,30). The number of piperidine rings is 1. The molecule has 1 aliphatic carbocycles. The molecule has 2 atom stereocenters. The summed E-state index contributed by atoms with van der Waals surface area (Å²) in [5.74, 6) is 3.20. The summed E-state index contributed by atoms with van der Waals surface area (Å²) < 4.78 is 1.85. The van der Waals surface area contributed by atoms with Crippen LogP contribution in [0.15, 0.2) is 36.7 Å². The fourth-order valence-corrected chi connectivity index (χ4v) is 6.44. The summed E-state index contributed by atoms with van der Waals surface area (Å²) in [6.07, 6.45) is 11.2. The molecule has 1 aliphatic heterocycles. The van der Waals surface area contributed by atoms with E-state index in [-0.39, 0.29) is 17.9 Å². The maximum absolute atomic E-state index is 10.8. The van der Waals surface area contributed by atoms with Crippen molar-refractivity contribution in [1.29, 1.82) is 0 Å². The molecule has 0 spiro atoms. The van der Waals surface area contributed by atoms with Crippen molar-refractivity contribution in [2.75, 3.05) is 23.3 Å². The van der Waals surface area contributed by atoms with Crippen LogP contribution in [0.1, 0.15) is 39.2 Å². The fourth-order valence-electron chi connectivity index (χ4n) is 5.56. The number of rotatable bonds is 5. The molecule has 6 rings (SSSR count). The maximum atomic E-state index is 10.8. The lowest BCUT2D eigenvalue weighted by Gasteiger charge is -2.42. The molecule has 4 aromatic heterocycles. The van der Waals surface area contributed by atoms with Gasteiger partial charge in [-0.25, -0.2) is 4.52 Å². The van der Waals surface area contributed by atoms with Crippen molar-refractivity contribution in [3.8, 4) is 34.3 Å². The molecule has 2 aliphatic rings. The van der Waals surface area contributed by atoms with Gasteiger partial charge in [-0.2, -0.15) is 5.10 Å². The lowest BCUT2D eigenvalue weighted by atomic mass is 9.82. The van der Waals surface area contributed by atoms with E-state index in [1.165, 1.54) is 0 Å². The van der Waals surface area contributed by atoms with Gasteiger partial charge in [0.15, 0.2) is 5.01 Å². The van der Waals surface area contributed by atoms with Crippen LogP contribution in [0.3, 0.4) is 0 Å². The van der Waals surface area contributed by atoms with Gasteiger partial charge in [0.2, 0.25) is 5.13 Å². The first-order valence-electron chi connectivity index (χ1n) is 12.4. The number of anilines is 2. The number of aromatic nitrogens is 5. The summed E-state index contributed by atoms with van der Waals surface area (Å²) in [6, 6.07) is 8.22. The number of hydrogen-bond donors (Lipinski definition) is 2. The smallest absolute Gasteiger partial charge is 0.208 e. The Morgan fingerprint density at radius 3 is 2.67 bits per heavy atom. The SMILES string of the molecule is C#Cc1cnn2c(-c3cc(NC(C)C)c(-c4nnc(N5CC6CCC(C5)C6(C)O)s4)cn3)ccc2c1. The molecule has 8 nitrogen and oxygen atoms in total. The van der Waals surface area contributed by atoms with E-state index in [0.29, 0.717) is 0 Å². The Balaban J connectivity index is 1.33. The molecule has 9 heteroatoms. The molecule has 0 radical (unpaired) electrons. The summed E-state index contributed by atoms with van der Waals surface area (Å²) >= 11 is 1.58. The van der Waals surface area contributed by atoms with E-state index in [0.717, 1.165) is 69.8 Å². The third kappa shape index (κ3) is 3.81. The highest BCUT2D eigenvalue weighted by Crippen LogP contribution is 2.46. The van der Waals surface area contributed by atoms with E-state index in [1.54, 1.807) is 17.5 Å². The van der Waals surface area contributed by atoms with Crippen LogP contribution < -0.4 is 10.2 Å². The average Bonchev–Trinajstić information content (AvgIpc) is 3.52. The first kappa shape index (κ1) is 23.0. The predicted octanol–water partition coefficient (Wildman–Crippen LogP) is 4.31. The third-order valence-electron chi connectivity index (χ3n) is 7.59. The zero-order valence-electron chi connectivity index (χ0n) is 20.6. The second kappa shape index (κ2) is 8.57. The van der Waals surface area contributed by atoms with Crippen molar-refractivity contribution in [2.45, 2.75) is 45.3 Å². The first-order valence-corrected chi connectivity index (χ1v) is 13.2. The third-order valence-corrected chi connectivity index (χ3v) is 8.61. The van der Waals surface area contributed by atoms with Gasteiger partial charge >= 0.3 is 0 Å². The summed E-state index contributed by atoms with van der Waals surface area (Å²) in [4.78, 5) is 7.08. The van der Waals surface area contributed by atoms with Crippen molar-refractivity contribution >= 4 is 27.7 Å². The van der Waals surface area contributed by atoms with E-state index in [2.05, 4.69) is 45.3 Å². The van der Waals surface area contributed by atoms with Crippen LogP contribution in [0, 0.1) is 24.2 Å². The van der Waals surface area contributed by atoms with Crippen LogP contribution in [-0.4, -0.2) is 54.6 Å². The largest absolute Gasteiger partial charge is 0.389 e. The normalized spacial score (nSPS) is 23.4. The van der Waals surface area contributed by atoms with Gasteiger partial charge in [0.05, 0.1) is 34.3 Å². The Hall–Kier alpha value is -3.48. The van der Waals surface area contributed by atoms with Crippen LogP contribution in [0.4, 0.5) is 10.8 Å². The van der Waals surface area contributed by atoms with Crippen molar-refractivity contribution in [2.24, 2.45) is 11.8 Å². The van der Waals surface area contributed by atoms with Crippen molar-refractivity contribution in [3.63, 3.8) is 0 Å².